The van der Waals surface area contributed by atoms with Crippen molar-refractivity contribution < 1.29 is 14.3 Å². The molecule has 9 atom stereocenters. The van der Waals surface area contributed by atoms with Crippen molar-refractivity contribution in [3.8, 4) is 0 Å². The van der Waals surface area contributed by atoms with Gasteiger partial charge in [0.2, 0.25) is 0 Å². The molecule has 0 amide bonds. The van der Waals surface area contributed by atoms with Crippen LogP contribution in [0.15, 0.2) is 24.0 Å². The molecular weight excluding hydrogens is 364 g/mol. The number of hydrogen-bond donors (Lipinski definition) is 2. The molecule has 0 aromatic rings. The molecule has 2 N–H and O–H groups in total. The molecule has 2 heterocycles. The summed E-state index contributed by atoms with van der Waals surface area (Å²) in [5.41, 5.74) is 6.92. The van der Waals surface area contributed by atoms with Crippen LogP contribution in [0.25, 0.3) is 0 Å². The van der Waals surface area contributed by atoms with Crippen LogP contribution in [0.2, 0.25) is 0 Å². The lowest BCUT2D eigenvalue weighted by Crippen LogP contribution is -2.47. The molecule has 2 saturated carbocycles. The third-order valence-corrected chi connectivity index (χ3v) is 8.95. The zero-order chi connectivity index (χ0) is 19.4. The zero-order valence-electron chi connectivity index (χ0n) is 17.2. The van der Waals surface area contributed by atoms with E-state index in [1.807, 2.05) is 0 Å². The Morgan fingerprint density at radius 1 is 1.03 bits per heavy atom. The van der Waals surface area contributed by atoms with Gasteiger partial charge in [-0.25, -0.2) is 4.79 Å². The quantitative estimate of drug-likeness (QED) is 0.552. The van der Waals surface area contributed by atoms with Gasteiger partial charge in [0.25, 0.3) is 0 Å². The van der Waals surface area contributed by atoms with Crippen LogP contribution in [0.4, 0.5) is 0 Å². The summed E-state index contributed by atoms with van der Waals surface area (Å²) in [5.74, 6) is 5.65. The third kappa shape index (κ3) is 3.21. The Bertz CT molecular complexity index is 713. The highest BCUT2D eigenvalue weighted by molar-refractivity contribution is 5.76. The van der Waals surface area contributed by atoms with Gasteiger partial charge in [-0.1, -0.05) is 12.2 Å². The van der Waals surface area contributed by atoms with Crippen molar-refractivity contribution in [2.24, 2.45) is 41.4 Å². The number of hydrazine groups is 1. The molecule has 2 saturated heterocycles. The van der Waals surface area contributed by atoms with E-state index in [1.54, 1.807) is 0 Å². The molecule has 0 aromatic carbocycles. The maximum Gasteiger partial charge on any atom is 0.340 e. The van der Waals surface area contributed by atoms with Crippen LogP contribution in [0, 0.1) is 41.4 Å². The molecule has 0 radical (unpaired) electrons. The summed E-state index contributed by atoms with van der Waals surface area (Å²) < 4.78 is 11.5. The van der Waals surface area contributed by atoms with E-state index in [1.165, 1.54) is 25.7 Å². The van der Waals surface area contributed by atoms with Gasteiger partial charge in [-0.3, -0.25) is 10.9 Å². The number of rotatable bonds is 2. The van der Waals surface area contributed by atoms with Gasteiger partial charge >= 0.3 is 5.97 Å². The van der Waals surface area contributed by atoms with Crippen molar-refractivity contribution >= 4 is 5.97 Å². The Morgan fingerprint density at radius 2 is 2.00 bits per heavy atom. The Morgan fingerprint density at radius 3 is 2.90 bits per heavy atom. The number of hydrogen-bond acceptors (Lipinski definition) is 5. The second-order valence-electron chi connectivity index (χ2n) is 10.3. The molecule has 5 nitrogen and oxygen atoms in total. The standard InChI is InChI=1S/C24H34N2O3/c27-24(23-3-1-2-10-28-23)29-22-9-8-17-16-5-4-14-12-21-15(13-25-26-21)11-20(14)18(16)6-7-19(17)22/h6-7,9,14-21,23,25-26H,1-5,8,10-13H2. The molecule has 9 unspecified atom stereocenters. The Balaban J connectivity index is 1.15. The van der Waals surface area contributed by atoms with Crippen molar-refractivity contribution in [2.45, 2.75) is 63.5 Å². The van der Waals surface area contributed by atoms with Gasteiger partial charge in [-0.2, -0.15) is 0 Å². The largest absolute Gasteiger partial charge is 0.429 e. The SMILES string of the molecule is O=C(OC1=CCC2C1C=CC1C3CC4CNNC4CC3CCC12)C1CCCCO1. The smallest absolute Gasteiger partial charge is 0.340 e. The molecular formula is C24H34N2O3. The first kappa shape index (κ1) is 18.6. The van der Waals surface area contributed by atoms with Crippen LogP contribution in [-0.4, -0.2) is 31.3 Å². The molecule has 29 heavy (non-hydrogen) atoms. The van der Waals surface area contributed by atoms with Gasteiger partial charge in [0, 0.05) is 25.1 Å². The third-order valence-electron chi connectivity index (χ3n) is 8.95. The second kappa shape index (κ2) is 7.51. The number of fused-ring (bicyclic) bond motifs is 6. The molecule has 0 aromatic heterocycles. The average molecular weight is 399 g/mol. The lowest BCUT2D eigenvalue weighted by atomic mass is 9.54. The van der Waals surface area contributed by atoms with Crippen molar-refractivity contribution in [3.63, 3.8) is 0 Å². The van der Waals surface area contributed by atoms with E-state index in [0.717, 1.165) is 67.6 Å². The lowest BCUT2D eigenvalue weighted by molar-refractivity contribution is -0.156. The summed E-state index contributed by atoms with van der Waals surface area (Å²) in [6.45, 7) is 1.82. The van der Waals surface area contributed by atoms with Crippen molar-refractivity contribution in [3.05, 3.63) is 24.0 Å². The predicted octanol–water partition coefficient (Wildman–Crippen LogP) is 3.33. The van der Waals surface area contributed by atoms with Gasteiger partial charge in [-0.05, 0) is 93.0 Å². The summed E-state index contributed by atoms with van der Waals surface area (Å²) in [5, 5.41) is 0. The average Bonchev–Trinajstić information content (AvgIpc) is 3.39. The molecule has 5 heteroatoms. The molecule has 0 spiro atoms. The molecule has 4 aliphatic carbocycles. The molecule has 4 fully saturated rings. The molecule has 6 aliphatic rings. The van der Waals surface area contributed by atoms with Crippen LogP contribution >= 0.6 is 0 Å². The first-order chi connectivity index (χ1) is 14.3. The van der Waals surface area contributed by atoms with Gasteiger partial charge in [-0.15, -0.1) is 0 Å². The highest BCUT2D eigenvalue weighted by Crippen LogP contribution is 2.56. The minimum Gasteiger partial charge on any atom is -0.429 e. The maximum absolute atomic E-state index is 12.6. The number of ether oxygens (including phenoxy) is 2. The topological polar surface area (TPSA) is 59.6 Å². The number of nitrogens with one attached hydrogen (secondary N) is 2. The van der Waals surface area contributed by atoms with E-state index in [0.29, 0.717) is 24.5 Å². The Kier molecular flexibility index (Phi) is 4.81. The molecule has 0 bridgehead atoms. The number of carbonyl (C=O) groups excluding carboxylic acids is 1. The van der Waals surface area contributed by atoms with E-state index in [-0.39, 0.29) is 12.1 Å². The number of allylic oxidation sites excluding steroid dienone is 3. The fourth-order valence-corrected chi connectivity index (χ4v) is 7.52. The lowest BCUT2D eigenvalue weighted by Gasteiger charge is -2.51. The van der Waals surface area contributed by atoms with Gasteiger partial charge < -0.3 is 9.47 Å². The van der Waals surface area contributed by atoms with E-state index in [9.17, 15) is 4.79 Å². The normalized spacial score (nSPS) is 48.1. The van der Waals surface area contributed by atoms with Crippen LogP contribution < -0.4 is 10.9 Å². The first-order valence-corrected chi connectivity index (χ1v) is 12.0. The van der Waals surface area contributed by atoms with E-state index < -0.39 is 0 Å². The number of esters is 1. The van der Waals surface area contributed by atoms with Gasteiger partial charge in [0.05, 0.1) is 0 Å². The summed E-state index contributed by atoms with van der Waals surface area (Å²) in [4.78, 5) is 12.6. The minimum absolute atomic E-state index is 0.171. The highest BCUT2D eigenvalue weighted by atomic mass is 16.6. The first-order valence-electron chi connectivity index (χ1n) is 12.0. The second-order valence-corrected chi connectivity index (χ2v) is 10.3. The van der Waals surface area contributed by atoms with E-state index in [4.69, 9.17) is 9.47 Å². The predicted molar refractivity (Wildman–Crippen MR) is 109 cm³/mol. The summed E-state index contributed by atoms with van der Waals surface area (Å²) >= 11 is 0. The Hall–Kier alpha value is -1.17. The molecule has 2 aliphatic heterocycles. The van der Waals surface area contributed by atoms with E-state index >= 15 is 0 Å². The minimum atomic E-state index is -0.358. The Labute approximate surface area is 173 Å². The molecule has 6 rings (SSSR count). The zero-order valence-corrected chi connectivity index (χ0v) is 17.2. The summed E-state index contributed by atoms with van der Waals surface area (Å²) in [6, 6.07) is 0.689. The summed E-state index contributed by atoms with van der Waals surface area (Å²) in [6.07, 6.45) is 16.2. The van der Waals surface area contributed by atoms with Crippen LogP contribution in [0.1, 0.15) is 51.4 Å². The van der Waals surface area contributed by atoms with Crippen LogP contribution in [0.5, 0.6) is 0 Å². The van der Waals surface area contributed by atoms with Crippen molar-refractivity contribution in [1.82, 2.24) is 10.9 Å². The fourth-order valence-electron chi connectivity index (χ4n) is 7.52. The van der Waals surface area contributed by atoms with Crippen LogP contribution in [0.3, 0.4) is 0 Å². The van der Waals surface area contributed by atoms with Crippen LogP contribution in [-0.2, 0) is 14.3 Å². The van der Waals surface area contributed by atoms with Crippen molar-refractivity contribution in [2.75, 3.05) is 13.2 Å². The molecule has 158 valence electrons. The number of carbonyl (C=O) groups is 1. The highest BCUT2D eigenvalue weighted by Gasteiger charge is 2.51. The fraction of sp³-hybridized carbons (Fsp3) is 0.792. The summed E-state index contributed by atoms with van der Waals surface area (Å²) in [7, 11) is 0. The van der Waals surface area contributed by atoms with Gasteiger partial charge in [0.15, 0.2) is 6.10 Å². The van der Waals surface area contributed by atoms with Gasteiger partial charge in [0.1, 0.15) is 5.76 Å². The maximum atomic E-state index is 12.6. The monoisotopic (exact) mass is 398 g/mol. The van der Waals surface area contributed by atoms with E-state index in [2.05, 4.69) is 29.1 Å². The van der Waals surface area contributed by atoms with Crippen molar-refractivity contribution in [1.29, 1.82) is 0 Å².